The van der Waals surface area contributed by atoms with E-state index in [1.165, 1.54) is 16.4 Å². The smallest absolute Gasteiger partial charge is 0.338 e. The molecular weight excluding hydrogens is 416 g/mol. The second-order valence-electron chi connectivity index (χ2n) is 6.23. The highest BCUT2D eigenvalue weighted by Gasteiger charge is 2.26. The van der Waals surface area contributed by atoms with Gasteiger partial charge in [-0.25, -0.2) is 13.2 Å². The van der Waals surface area contributed by atoms with Crippen molar-refractivity contribution < 1.29 is 22.7 Å². The molecule has 29 heavy (non-hydrogen) atoms. The predicted molar refractivity (Wildman–Crippen MR) is 112 cm³/mol. The third kappa shape index (κ3) is 5.79. The number of halogens is 1. The first kappa shape index (κ1) is 22.9. The van der Waals surface area contributed by atoms with E-state index in [4.69, 9.17) is 16.3 Å². The number of carbonyl (C=O) groups is 2. The van der Waals surface area contributed by atoms with E-state index in [1.807, 2.05) is 13.0 Å². The Bertz CT molecular complexity index is 1000. The molecule has 0 bridgehead atoms. The molecule has 0 aliphatic carbocycles. The van der Waals surface area contributed by atoms with Gasteiger partial charge in [-0.05, 0) is 42.8 Å². The Morgan fingerprint density at radius 2 is 1.79 bits per heavy atom. The van der Waals surface area contributed by atoms with Gasteiger partial charge in [-0.15, -0.1) is 0 Å². The van der Waals surface area contributed by atoms with Crippen LogP contribution < -0.4 is 5.32 Å². The van der Waals surface area contributed by atoms with Crippen molar-refractivity contribution in [3.8, 4) is 0 Å². The quantitative estimate of drug-likeness (QED) is 0.637. The molecule has 1 amide bonds. The van der Waals surface area contributed by atoms with Crippen LogP contribution in [0.3, 0.4) is 0 Å². The molecular formula is C20H23ClN2O5S. The second kappa shape index (κ2) is 9.87. The highest BCUT2D eigenvalue weighted by atomic mass is 35.5. The number of nitrogens with one attached hydrogen (secondary N) is 1. The maximum atomic E-state index is 12.7. The Labute approximate surface area is 175 Å². The van der Waals surface area contributed by atoms with E-state index < -0.39 is 28.5 Å². The number of esters is 1. The molecule has 0 heterocycles. The minimum Gasteiger partial charge on any atom is -0.452 e. The Balaban J connectivity index is 2.10. The monoisotopic (exact) mass is 438 g/mol. The van der Waals surface area contributed by atoms with E-state index in [-0.39, 0.29) is 28.6 Å². The lowest BCUT2D eigenvalue weighted by molar-refractivity contribution is -0.119. The first-order chi connectivity index (χ1) is 13.7. The van der Waals surface area contributed by atoms with Crippen LogP contribution in [0.1, 0.15) is 29.8 Å². The highest BCUT2D eigenvalue weighted by Crippen LogP contribution is 2.26. The number of nitrogens with zero attached hydrogens (tertiary/aromatic N) is 1. The van der Waals surface area contributed by atoms with Crippen LogP contribution in [0, 0.1) is 6.92 Å². The van der Waals surface area contributed by atoms with Gasteiger partial charge in [0.1, 0.15) is 4.90 Å². The van der Waals surface area contributed by atoms with Crippen LogP contribution in [0.5, 0.6) is 0 Å². The van der Waals surface area contributed by atoms with Gasteiger partial charge in [0.2, 0.25) is 10.0 Å². The summed E-state index contributed by atoms with van der Waals surface area (Å²) in [5.74, 6) is -1.33. The van der Waals surface area contributed by atoms with Gasteiger partial charge < -0.3 is 10.1 Å². The molecule has 0 aromatic heterocycles. The highest BCUT2D eigenvalue weighted by molar-refractivity contribution is 7.89. The average molecular weight is 439 g/mol. The zero-order valence-corrected chi connectivity index (χ0v) is 18.0. The van der Waals surface area contributed by atoms with Crippen molar-refractivity contribution in [1.82, 2.24) is 4.31 Å². The Hall–Kier alpha value is -2.42. The number of anilines is 1. The summed E-state index contributed by atoms with van der Waals surface area (Å²) in [5, 5.41) is 2.63. The van der Waals surface area contributed by atoms with Crippen LogP contribution in [0.4, 0.5) is 5.69 Å². The maximum absolute atomic E-state index is 12.7. The fourth-order valence-corrected chi connectivity index (χ4v) is 4.62. The molecule has 0 aliphatic rings. The lowest BCUT2D eigenvalue weighted by Crippen LogP contribution is -2.31. The number of benzene rings is 2. The van der Waals surface area contributed by atoms with Crippen LogP contribution >= 0.6 is 11.6 Å². The first-order valence-electron chi connectivity index (χ1n) is 9.02. The van der Waals surface area contributed by atoms with Gasteiger partial charge in [0, 0.05) is 18.8 Å². The third-order valence-electron chi connectivity index (χ3n) is 4.13. The molecule has 0 aliphatic heterocycles. The zero-order chi connectivity index (χ0) is 21.6. The molecule has 0 fully saturated rings. The van der Waals surface area contributed by atoms with Crippen molar-refractivity contribution in [2.24, 2.45) is 0 Å². The van der Waals surface area contributed by atoms with Gasteiger partial charge in [0.25, 0.3) is 5.91 Å². The Morgan fingerprint density at radius 1 is 1.10 bits per heavy atom. The Morgan fingerprint density at radius 3 is 2.41 bits per heavy atom. The van der Waals surface area contributed by atoms with Gasteiger partial charge in [-0.2, -0.15) is 4.31 Å². The summed E-state index contributed by atoms with van der Waals surface area (Å²) in [4.78, 5) is 24.1. The summed E-state index contributed by atoms with van der Waals surface area (Å²) in [7, 11) is -3.85. The largest absolute Gasteiger partial charge is 0.452 e. The van der Waals surface area contributed by atoms with E-state index in [0.29, 0.717) is 5.69 Å². The lowest BCUT2D eigenvalue weighted by atomic mass is 10.2. The van der Waals surface area contributed by atoms with Crippen LogP contribution in [0.2, 0.25) is 5.02 Å². The van der Waals surface area contributed by atoms with Crippen molar-refractivity contribution in [1.29, 1.82) is 0 Å². The fraction of sp³-hybridized carbons (Fsp3) is 0.300. The normalized spacial score (nSPS) is 11.3. The first-order valence-corrected chi connectivity index (χ1v) is 10.8. The van der Waals surface area contributed by atoms with Crippen LogP contribution in [0.15, 0.2) is 47.4 Å². The topological polar surface area (TPSA) is 92.8 Å². The summed E-state index contributed by atoms with van der Waals surface area (Å²) < 4.78 is 31.7. The van der Waals surface area contributed by atoms with E-state index in [2.05, 4.69) is 5.32 Å². The predicted octanol–water partition coefficient (Wildman–Crippen LogP) is 3.47. The number of rotatable bonds is 8. The molecule has 0 radical (unpaired) electrons. The molecule has 0 saturated carbocycles. The molecule has 0 unspecified atom stereocenters. The van der Waals surface area contributed by atoms with Gasteiger partial charge in [-0.1, -0.05) is 37.6 Å². The molecule has 0 spiro atoms. The SMILES string of the molecule is CCN(CC)S(=O)(=O)c1cc(C(=O)OCC(=O)Nc2cccc(C)c2)ccc1Cl. The maximum Gasteiger partial charge on any atom is 0.338 e. The fourth-order valence-electron chi connectivity index (χ4n) is 2.66. The van der Waals surface area contributed by atoms with E-state index >= 15 is 0 Å². The summed E-state index contributed by atoms with van der Waals surface area (Å²) in [5.41, 5.74) is 1.55. The third-order valence-corrected chi connectivity index (χ3v) is 6.66. The lowest BCUT2D eigenvalue weighted by Gasteiger charge is -2.19. The van der Waals surface area contributed by atoms with Gasteiger partial charge >= 0.3 is 5.97 Å². The summed E-state index contributed by atoms with van der Waals surface area (Å²) in [6, 6.07) is 11.0. The van der Waals surface area contributed by atoms with E-state index in [1.54, 1.807) is 32.0 Å². The van der Waals surface area contributed by atoms with Crippen molar-refractivity contribution in [3.63, 3.8) is 0 Å². The van der Waals surface area contributed by atoms with Crippen molar-refractivity contribution in [2.75, 3.05) is 25.0 Å². The average Bonchev–Trinajstić information content (AvgIpc) is 2.67. The second-order valence-corrected chi connectivity index (χ2v) is 8.54. The summed E-state index contributed by atoms with van der Waals surface area (Å²) in [6.45, 7) is 5.33. The number of carbonyl (C=O) groups excluding carboxylic acids is 2. The standard InChI is InChI=1S/C20H23ClN2O5S/c1-4-23(5-2)29(26,27)18-12-15(9-10-17(18)21)20(25)28-13-19(24)22-16-8-6-7-14(3)11-16/h6-12H,4-5,13H2,1-3H3,(H,22,24). The molecule has 2 aromatic carbocycles. The number of ether oxygens (including phenoxy) is 1. The summed E-state index contributed by atoms with van der Waals surface area (Å²) >= 11 is 6.05. The molecule has 2 aromatic rings. The molecule has 0 saturated heterocycles. The number of amides is 1. The molecule has 2 rings (SSSR count). The molecule has 0 atom stereocenters. The minimum absolute atomic E-state index is 0.00522. The Kier molecular flexibility index (Phi) is 7.78. The zero-order valence-electron chi connectivity index (χ0n) is 16.4. The number of hydrogen-bond donors (Lipinski definition) is 1. The van der Waals surface area contributed by atoms with Crippen LogP contribution in [-0.4, -0.2) is 44.3 Å². The van der Waals surface area contributed by atoms with Crippen LogP contribution in [-0.2, 0) is 19.6 Å². The number of sulfonamides is 1. The van der Waals surface area contributed by atoms with E-state index in [0.717, 1.165) is 11.6 Å². The van der Waals surface area contributed by atoms with Crippen molar-refractivity contribution >= 4 is 39.2 Å². The summed E-state index contributed by atoms with van der Waals surface area (Å²) in [6.07, 6.45) is 0. The van der Waals surface area contributed by atoms with Gasteiger partial charge in [0.15, 0.2) is 6.61 Å². The van der Waals surface area contributed by atoms with Gasteiger partial charge in [0.05, 0.1) is 10.6 Å². The van der Waals surface area contributed by atoms with Crippen LogP contribution in [0.25, 0.3) is 0 Å². The minimum atomic E-state index is -3.85. The van der Waals surface area contributed by atoms with E-state index in [9.17, 15) is 18.0 Å². The molecule has 9 heteroatoms. The molecule has 156 valence electrons. The number of hydrogen-bond acceptors (Lipinski definition) is 5. The molecule has 1 N–H and O–H groups in total. The van der Waals surface area contributed by atoms with Crippen molar-refractivity contribution in [2.45, 2.75) is 25.7 Å². The number of aryl methyl sites for hydroxylation is 1. The molecule has 7 nitrogen and oxygen atoms in total. The van der Waals surface area contributed by atoms with Gasteiger partial charge in [-0.3, -0.25) is 4.79 Å². The van der Waals surface area contributed by atoms with Crippen molar-refractivity contribution in [3.05, 3.63) is 58.6 Å².